The van der Waals surface area contributed by atoms with Crippen LogP contribution in [0.1, 0.15) is 72.5 Å². The van der Waals surface area contributed by atoms with E-state index in [1.807, 2.05) is 72.5 Å². The Labute approximate surface area is 377 Å². The first-order valence-corrected chi connectivity index (χ1v) is 23.4. The minimum Gasteiger partial charge on any atom is -0.493 e. The minimum absolute atomic E-state index is 0.0109. The zero-order valence-corrected chi connectivity index (χ0v) is 37.4. The molecule has 4 atom stereocenters. The van der Waals surface area contributed by atoms with Gasteiger partial charge in [0.2, 0.25) is 5.91 Å². The maximum Gasteiger partial charge on any atom is 0.279 e. The van der Waals surface area contributed by atoms with Crippen LogP contribution < -0.4 is 29.3 Å². The number of fused-ring (bicyclic) bond motifs is 8. The van der Waals surface area contributed by atoms with Gasteiger partial charge in [0.25, 0.3) is 21.9 Å². The fourth-order valence-electron chi connectivity index (χ4n) is 9.61. The number of hydrogen-bond acceptors (Lipinski definition) is 11. The molecule has 5 aromatic carbocycles. The van der Waals surface area contributed by atoms with Crippen molar-refractivity contribution >= 4 is 57.5 Å². The van der Waals surface area contributed by atoms with E-state index < -0.39 is 27.4 Å². The second-order valence-corrected chi connectivity index (χ2v) is 19.1. The zero-order chi connectivity index (χ0) is 44.9. The number of ether oxygens (including phenoxy) is 3. The van der Waals surface area contributed by atoms with Crippen LogP contribution in [0.5, 0.6) is 17.2 Å². The highest BCUT2D eigenvalue weighted by Gasteiger charge is 2.42. The molecule has 0 aliphatic carbocycles. The molecule has 2 N–H and O–H groups in total. The summed E-state index contributed by atoms with van der Waals surface area (Å²) in [5.41, 5.74) is 8.81. The molecule has 0 aromatic heterocycles. The number of anilines is 3. The molecule has 0 bridgehead atoms. The summed E-state index contributed by atoms with van der Waals surface area (Å²) < 4.78 is 48.9. The van der Waals surface area contributed by atoms with Gasteiger partial charge < -0.3 is 34.4 Å². The number of benzene rings is 5. The molecule has 4 aliphatic heterocycles. The largest absolute Gasteiger partial charge is 0.493 e. The topological polar surface area (TPSA) is 161 Å². The summed E-state index contributed by atoms with van der Waals surface area (Å²) in [5.74, 6) is 0.436. The Balaban J connectivity index is 0.989. The van der Waals surface area contributed by atoms with Gasteiger partial charge in [-0.3, -0.25) is 18.6 Å². The van der Waals surface area contributed by atoms with Crippen LogP contribution in [0.3, 0.4) is 0 Å². The molecule has 5 aromatic rings. The van der Waals surface area contributed by atoms with Crippen molar-refractivity contribution in [3.05, 3.63) is 141 Å². The summed E-state index contributed by atoms with van der Waals surface area (Å²) in [6, 6.07) is 27.9. The number of methoxy groups -OCH3 is 1. The number of carbonyl (C=O) groups is 3. The lowest BCUT2D eigenvalue weighted by Gasteiger charge is -2.26. The third-order valence-electron chi connectivity index (χ3n) is 12.8. The lowest BCUT2D eigenvalue weighted by Crippen LogP contribution is -2.43. The molecule has 0 spiro atoms. The van der Waals surface area contributed by atoms with E-state index in [2.05, 4.69) is 24.0 Å². The van der Waals surface area contributed by atoms with Crippen molar-refractivity contribution < 1.29 is 46.3 Å². The number of nitrogens with zero attached hydrogens (tertiary/aromatic N) is 2. The average Bonchev–Trinajstić information content (AvgIpc) is 3.81. The van der Waals surface area contributed by atoms with E-state index in [9.17, 15) is 27.9 Å². The predicted molar refractivity (Wildman–Crippen MR) is 246 cm³/mol. The molecular weight excluding hydrogens is 855 g/mol. The first-order valence-electron chi connectivity index (χ1n) is 21.3. The molecule has 2 unspecified atom stereocenters. The van der Waals surface area contributed by atoms with Gasteiger partial charge in [0.1, 0.15) is 19.0 Å². The summed E-state index contributed by atoms with van der Waals surface area (Å²) in [6.07, 6.45) is 2.21. The summed E-state index contributed by atoms with van der Waals surface area (Å²) in [5, 5.41) is 12.7. The van der Waals surface area contributed by atoms with E-state index in [-0.39, 0.29) is 55.7 Å². The smallest absolute Gasteiger partial charge is 0.279 e. The monoisotopic (exact) mass is 903 g/mol. The number of aliphatic hydroxyl groups is 1. The molecule has 332 valence electrons. The fraction of sp³-hybridized carbons (Fsp3) is 0.327. The lowest BCUT2D eigenvalue weighted by atomic mass is 9.96. The second-order valence-electron chi connectivity index (χ2n) is 16.7. The summed E-state index contributed by atoms with van der Waals surface area (Å²) in [7, 11) is -1.70. The van der Waals surface area contributed by atoms with Gasteiger partial charge in [-0.15, -0.1) is 0 Å². The van der Waals surface area contributed by atoms with Gasteiger partial charge in [0, 0.05) is 40.7 Å². The highest BCUT2D eigenvalue weighted by molar-refractivity contribution is 7.88. The maximum absolute atomic E-state index is 14.1. The van der Waals surface area contributed by atoms with Crippen LogP contribution in [0.4, 0.5) is 17.1 Å². The van der Waals surface area contributed by atoms with Crippen molar-refractivity contribution in [1.29, 1.82) is 0 Å². The van der Waals surface area contributed by atoms with Gasteiger partial charge in [-0.2, -0.15) is 21.0 Å². The van der Waals surface area contributed by atoms with Crippen LogP contribution in [0.15, 0.2) is 91.0 Å². The molecule has 0 fully saturated rings. The standard InChI is InChI=1S/C49H49N3O10S2/c1-28-16-37-34(22-42(53)41-21-33-9-5-7-11-40(33)52(41)49(37)56)24-43(28)61-26-29-17-30(19-35(18-29)50-47(54)46(14-15-63)64(57,58)60-3)27-62-45-23-31-12-13-36-20-32-8-4-6-10-39(32)51(36)48(55)38(31)25-44(45)59-2/h4-11,16-19,23-25,36,41-42,46,53,63H,12-15,20-22,26-27H2,1-3H3,(H,50,54)/t36-,41+,42?,46?/m1/s1. The SMILES string of the molecule is COc1cc2c(cc1OCc1cc(COc3cc4c(cc3C)C(=O)N3c5ccccc5C[C@H]3C(O)C4)cc(NC(=O)C(CCS)S(=O)(=O)OC)c1)CC[C@@H]1Cc3ccccc3N1C2=O. The van der Waals surface area contributed by atoms with E-state index in [1.54, 1.807) is 29.2 Å². The van der Waals surface area contributed by atoms with Gasteiger partial charge in [-0.05, 0) is 138 Å². The molecule has 0 saturated carbocycles. The number of thiol groups is 1. The third-order valence-corrected chi connectivity index (χ3v) is 14.6. The molecule has 4 aliphatic rings. The molecule has 15 heteroatoms. The number of rotatable bonds is 13. The lowest BCUT2D eigenvalue weighted by molar-refractivity contribution is -0.116. The minimum atomic E-state index is -4.23. The normalized spacial score (nSPS) is 19.0. The highest BCUT2D eigenvalue weighted by atomic mass is 32.2. The first kappa shape index (κ1) is 43.4. The van der Waals surface area contributed by atoms with Crippen LogP contribution in [-0.2, 0) is 58.0 Å². The van der Waals surface area contributed by atoms with Crippen molar-refractivity contribution in [2.75, 3.05) is 35.1 Å². The van der Waals surface area contributed by atoms with Crippen molar-refractivity contribution in [3.63, 3.8) is 0 Å². The number of para-hydroxylation sites is 2. The third kappa shape index (κ3) is 8.10. The second kappa shape index (κ2) is 17.6. The molecule has 0 saturated heterocycles. The van der Waals surface area contributed by atoms with Crippen LogP contribution in [0.2, 0.25) is 0 Å². The summed E-state index contributed by atoms with van der Waals surface area (Å²) in [6.45, 7) is 1.89. The molecule has 64 heavy (non-hydrogen) atoms. The summed E-state index contributed by atoms with van der Waals surface area (Å²) in [4.78, 5) is 45.3. The molecule has 13 nitrogen and oxygen atoms in total. The number of hydrogen-bond donors (Lipinski definition) is 3. The van der Waals surface area contributed by atoms with Gasteiger partial charge in [0.05, 0.1) is 26.4 Å². The molecule has 9 rings (SSSR count). The highest BCUT2D eigenvalue weighted by Crippen LogP contribution is 2.42. The maximum atomic E-state index is 14.1. The Kier molecular flexibility index (Phi) is 11.9. The quantitative estimate of drug-likeness (QED) is 0.0850. The van der Waals surface area contributed by atoms with Gasteiger partial charge in [-0.25, -0.2) is 0 Å². The van der Waals surface area contributed by atoms with E-state index in [0.29, 0.717) is 63.6 Å². The van der Waals surface area contributed by atoms with Gasteiger partial charge in [0.15, 0.2) is 16.7 Å². The number of aliphatic hydroxyl groups excluding tert-OH is 1. The summed E-state index contributed by atoms with van der Waals surface area (Å²) >= 11 is 4.18. The van der Waals surface area contributed by atoms with Gasteiger partial charge >= 0.3 is 0 Å². The Morgan fingerprint density at radius 1 is 0.781 bits per heavy atom. The van der Waals surface area contributed by atoms with Crippen molar-refractivity contribution in [3.8, 4) is 17.2 Å². The molecule has 3 amide bonds. The van der Waals surface area contributed by atoms with Crippen molar-refractivity contribution in [1.82, 2.24) is 0 Å². The molecular formula is C49H49N3O10S2. The van der Waals surface area contributed by atoms with Crippen LogP contribution >= 0.6 is 12.6 Å². The number of aryl methyl sites for hydroxylation is 2. The molecule has 0 radical (unpaired) electrons. The fourth-order valence-corrected chi connectivity index (χ4v) is 11.0. The Morgan fingerprint density at radius 2 is 1.41 bits per heavy atom. The number of carbonyl (C=O) groups excluding carboxylic acids is 3. The van der Waals surface area contributed by atoms with Crippen LogP contribution in [0, 0.1) is 6.92 Å². The van der Waals surface area contributed by atoms with Crippen LogP contribution in [-0.4, -0.2) is 74.7 Å². The van der Waals surface area contributed by atoms with E-state index in [1.165, 1.54) is 7.11 Å². The Hall–Kier alpha value is -5.87. The van der Waals surface area contributed by atoms with Crippen LogP contribution in [0.25, 0.3) is 0 Å². The van der Waals surface area contributed by atoms with Gasteiger partial charge in [-0.1, -0.05) is 36.4 Å². The first-order chi connectivity index (χ1) is 30.9. The Bertz CT molecular complexity index is 2800. The number of nitrogens with one attached hydrogen (secondary N) is 1. The van der Waals surface area contributed by atoms with Crippen molar-refractivity contribution in [2.45, 2.75) is 82.1 Å². The zero-order valence-electron chi connectivity index (χ0n) is 35.7. The predicted octanol–water partition coefficient (Wildman–Crippen LogP) is 6.77. The van der Waals surface area contributed by atoms with E-state index >= 15 is 0 Å². The molecule has 4 heterocycles. The Morgan fingerprint density at radius 3 is 2.09 bits per heavy atom. The average molecular weight is 904 g/mol. The number of amides is 3. The van der Waals surface area contributed by atoms with E-state index in [4.69, 9.17) is 18.4 Å². The van der Waals surface area contributed by atoms with Crippen molar-refractivity contribution in [2.24, 2.45) is 0 Å². The van der Waals surface area contributed by atoms with E-state index in [0.717, 1.165) is 53.6 Å².